The number of rotatable bonds is 4. The van der Waals surface area contributed by atoms with E-state index in [2.05, 4.69) is 49.2 Å². The smallest absolute Gasteiger partial charge is 0.123 e. The molecule has 0 atom stereocenters. The number of nitrogens with two attached hydrogens (primary N) is 1. The molecule has 0 fully saturated rings. The van der Waals surface area contributed by atoms with Crippen LogP contribution in [0.1, 0.15) is 22.3 Å². The molecule has 0 saturated carbocycles. The molecule has 3 N–H and O–H groups in total. The van der Waals surface area contributed by atoms with Crippen molar-refractivity contribution in [2.24, 2.45) is 5.73 Å². The van der Waals surface area contributed by atoms with Gasteiger partial charge in [0.15, 0.2) is 0 Å². The maximum Gasteiger partial charge on any atom is 0.123 e. The Hall–Kier alpha value is -2.29. The zero-order valence-corrected chi connectivity index (χ0v) is 12.3. The summed E-state index contributed by atoms with van der Waals surface area (Å²) < 4.78 is 0. The minimum Gasteiger partial charge on any atom is -0.384 e. The summed E-state index contributed by atoms with van der Waals surface area (Å²) in [5, 5.41) is 7.52. The summed E-state index contributed by atoms with van der Waals surface area (Å²) in [6.45, 7) is 4.94. The van der Waals surface area contributed by atoms with Gasteiger partial charge in [0.1, 0.15) is 5.84 Å². The molecule has 2 aromatic rings. The molecule has 0 radical (unpaired) electrons. The zero-order chi connectivity index (χ0) is 14.7. The number of amidine groups is 1. The summed E-state index contributed by atoms with van der Waals surface area (Å²) in [4.78, 5) is 2.20. The molecule has 0 spiro atoms. The van der Waals surface area contributed by atoms with Crippen LogP contribution in [-0.2, 0) is 6.54 Å². The molecule has 104 valence electrons. The van der Waals surface area contributed by atoms with Crippen LogP contribution in [-0.4, -0.2) is 12.9 Å². The summed E-state index contributed by atoms with van der Waals surface area (Å²) >= 11 is 0. The van der Waals surface area contributed by atoms with Crippen molar-refractivity contribution in [1.82, 2.24) is 0 Å². The van der Waals surface area contributed by atoms with Crippen molar-refractivity contribution in [2.75, 3.05) is 11.9 Å². The maximum atomic E-state index is 7.52. The predicted molar refractivity (Wildman–Crippen MR) is 85.5 cm³/mol. The van der Waals surface area contributed by atoms with Gasteiger partial charge < -0.3 is 10.6 Å². The van der Waals surface area contributed by atoms with Gasteiger partial charge in [-0.05, 0) is 43.2 Å². The van der Waals surface area contributed by atoms with E-state index in [1.807, 2.05) is 19.1 Å². The van der Waals surface area contributed by atoms with Crippen LogP contribution in [0.3, 0.4) is 0 Å². The number of nitrogen functional groups attached to an aromatic ring is 1. The predicted octanol–water partition coefficient (Wildman–Crippen LogP) is 3.22. The van der Waals surface area contributed by atoms with E-state index in [-0.39, 0.29) is 5.84 Å². The van der Waals surface area contributed by atoms with Crippen LogP contribution in [0.15, 0.2) is 42.5 Å². The molecule has 3 nitrogen and oxygen atoms in total. The highest BCUT2D eigenvalue weighted by Gasteiger charge is 2.06. The van der Waals surface area contributed by atoms with Gasteiger partial charge in [0.25, 0.3) is 0 Å². The first kappa shape index (κ1) is 14.1. The standard InChI is InChI=1S/C17H21N3/c1-12-4-6-14(7-5-12)11-20(3)15-8-9-16(17(18)19)13(2)10-15/h4-10H,11H2,1-3H3,(H3,18,19). The fraction of sp³-hybridized carbons (Fsp3) is 0.235. The molecule has 3 heteroatoms. The first-order chi connectivity index (χ1) is 9.47. The normalized spacial score (nSPS) is 10.3. The van der Waals surface area contributed by atoms with Gasteiger partial charge in [0.05, 0.1) is 0 Å². The highest BCUT2D eigenvalue weighted by molar-refractivity contribution is 5.96. The number of hydrogen-bond acceptors (Lipinski definition) is 2. The van der Waals surface area contributed by atoms with E-state index in [9.17, 15) is 0 Å². The maximum absolute atomic E-state index is 7.52. The van der Waals surface area contributed by atoms with Crippen molar-refractivity contribution < 1.29 is 0 Å². The second kappa shape index (κ2) is 5.78. The van der Waals surface area contributed by atoms with E-state index >= 15 is 0 Å². The van der Waals surface area contributed by atoms with Crippen molar-refractivity contribution in [3.8, 4) is 0 Å². The van der Waals surface area contributed by atoms with Gasteiger partial charge in [-0.1, -0.05) is 29.8 Å². The van der Waals surface area contributed by atoms with Gasteiger partial charge in [-0.2, -0.15) is 0 Å². The molecular weight excluding hydrogens is 246 g/mol. The average Bonchev–Trinajstić information content (AvgIpc) is 2.40. The number of nitrogens with zero attached hydrogens (tertiary/aromatic N) is 1. The Labute approximate surface area is 120 Å². The molecule has 20 heavy (non-hydrogen) atoms. The molecule has 0 aliphatic rings. The third kappa shape index (κ3) is 3.18. The number of aryl methyl sites for hydroxylation is 2. The monoisotopic (exact) mass is 267 g/mol. The lowest BCUT2D eigenvalue weighted by atomic mass is 10.1. The Morgan fingerprint density at radius 2 is 1.75 bits per heavy atom. The zero-order valence-electron chi connectivity index (χ0n) is 12.3. The Morgan fingerprint density at radius 3 is 2.30 bits per heavy atom. The van der Waals surface area contributed by atoms with Crippen LogP contribution in [0.4, 0.5) is 5.69 Å². The van der Waals surface area contributed by atoms with Crippen molar-refractivity contribution in [1.29, 1.82) is 5.41 Å². The molecule has 0 aliphatic carbocycles. The molecule has 0 aromatic heterocycles. The summed E-state index contributed by atoms with van der Waals surface area (Å²) in [6.07, 6.45) is 0. The lowest BCUT2D eigenvalue weighted by Crippen LogP contribution is -2.18. The van der Waals surface area contributed by atoms with Crippen LogP contribution in [0.5, 0.6) is 0 Å². The third-order valence-electron chi connectivity index (χ3n) is 3.48. The van der Waals surface area contributed by atoms with E-state index in [4.69, 9.17) is 11.1 Å². The topological polar surface area (TPSA) is 53.1 Å². The lowest BCUT2D eigenvalue weighted by Gasteiger charge is -2.21. The Balaban J connectivity index is 2.17. The summed E-state index contributed by atoms with van der Waals surface area (Å²) in [6, 6.07) is 14.6. The van der Waals surface area contributed by atoms with Crippen molar-refractivity contribution in [2.45, 2.75) is 20.4 Å². The molecule has 2 rings (SSSR count). The van der Waals surface area contributed by atoms with E-state index in [0.29, 0.717) is 0 Å². The second-order valence-electron chi connectivity index (χ2n) is 5.25. The number of nitrogens with one attached hydrogen (secondary N) is 1. The molecule has 0 saturated heterocycles. The fourth-order valence-electron chi connectivity index (χ4n) is 2.25. The van der Waals surface area contributed by atoms with Gasteiger partial charge in [-0.3, -0.25) is 5.41 Å². The molecule has 2 aromatic carbocycles. The fourth-order valence-corrected chi connectivity index (χ4v) is 2.25. The molecule has 0 bridgehead atoms. The molecule has 0 amide bonds. The van der Waals surface area contributed by atoms with Crippen LogP contribution in [0.25, 0.3) is 0 Å². The van der Waals surface area contributed by atoms with E-state index < -0.39 is 0 Å². The van der Waals surface area contributed by atoms with Gasteiger partial charge in [-0.15, -0.1) is 0 Å². The summed E-state index contributed by atoms with van der Waals surface area (Å²) in [5.74, 6) is 0.121. The van der Waals surface area contributed by atoms with Crippen LogP contribution >= 0.6 is 0 Å². The van der Waals surface area contributed by atoms with E-state index in [0.717, 1.165) is 23.4 Å². The third-order valence-corrected chi connectivity index (χ3v) is 3.48. The van der Waals surface area contributed by atoms with Gasteiger partial charge in [0.2, 0.25) is 0 Å². The molecule has 0 heterocycles. The van der Waals surface area contributed by atoms with Crippen molar-refractivity contribution in [3.63, 3.8) is 0 Å². The molecule has 0 unspecified atom stereocenters. The minimum absolute atomic E-state index is 0.121. The highest BCUT2D eigenvalue weighted by atomic mass is 15.1. The first-order valence-electron chi connectivity index (χ1n) is 6.69. The van der Waals surface area contributed by atoms with Crippen LogP contribution in [0, 0.1) is 19.3 Å². The van der Waals surface area contributed by atoms with Crippen LogP contribution in [0.2, 0.25) is 0 Å². The van der Waals surface area contributed by atoms with Gasteiger partial charge in [0, 0.05) is 24.8 Å². The Kier molecular flexibility index (Phi) is 4.08. The second-order valence-corrected chi connectivity index (χ2v) is 5.25. The first-order valence-corrected chi connectivity index (χ1v) is 6.69. The van der Waals surface area contributed by atoms with Gasteiger partial charge >= 0.3 is 0 Å². The average molecular weight is 267 g/mol. The Morgan fingerprint density at radius 1 is 1.10 bits per heavy atom. The van der Waals surface area contributed by atoms with E-state index in [1.165, 1.54) is 11.1 Å². The van der Waals surface area contributed by atoms with Crippen molar-refractivity contribution in [3.05, 3.63) is 64.7 Å². The summed E-state index contributed by atoms with van der Waals surface area (Å²) in [5.41, 5.74) is 11.1. The quantitative estimate of drug-likeness (QED) is 0.660. The van der Waals surface area contributed by atoms with Crippen LogP contribution < -0.4 is 10.6 Å². The lowest BCUT2D eigenvalue weighted by molar-refractivity contribution is 0.921. The SMILES string of the molecule is Cc1ccc(CN(C)c2ccc(C(=N)N)c(C)c2)cc1. The number of hydrogen-bond donors (Lipinski definition) is 2. The van der Waals surface area contributed by atoms with Gasteiger partial charge in [-0.25, -0.2) is 0 Å². The van der Waals surface area contributed by atoms with E-state index in [1.54, 1.807) is 0 Å². The molecular formula is C17H21N3. The molecule has 0 aliphatic heterocycles. The van der Waals surface area contributed by atoms with Crippen molar-refractivity contribution >= 4 is 11.5 Å². The Bertz CT molecular complexity index is 615. The number of anilines is 1. The highest BCUT2D eigenvalue weighted by Crippen LogP contribution is 2.20. The summed E-state index contributed by atoms with van der Waals surface area (Å²) in [7, 11) is 2.07. The minimum atomic E-state index is 0.121. The largest absolute Gasteiger partial charge is 0.384 e. The number of benzene rings is 2.